The number of phenolic OH excluding ortho intramolecular Hbond substituents is 1. The van der Waals surface area contributed by atoms with Crippen LogP contribution in [0.3, 0.4) is 0 Å². The lowest BCUT2D eigenvalue weighted by molar-refractivity contribution is 0.474. The number of nitrogens with zero attached hydrogens (tertiary/aromatic N) is 2. The van der Waals surface area contributed by atoms with Gasteiger partial charge in [-0.25, -0.2) is 4.98 Å². The molecule has 0 aliphatic rings. The van der Waals surface area contributed by atoms with Gasteiger partial charge in [0.25, 0.3) is 0 Å². The number of hydrogen-bond acceptors (Lipinski definition) is 2. The standard InChI is InChI=1S/C17H18N2O/c1-2-10-19-16-9-4-3-8-15(16)18-17(19)12-13-6-5-7-14(20)11-13/h3-9,11,20H,2,10,12H2,1H3. The van der Waals surface area contributed by atoms with E-state index in [-0.39, 0.29) is 0 Å². The van der Waals surface area contributed by atoms with Crippen LogP contribution in [0, 0.1) is 0 Å². The minimum atomic E-state index is 0.306. The Kier molecular flexibility index (Phi) is 3.42. The summed E-state index contributed by atoms with van der Waals surface area (Å²) in [6.07, 6.45) is 1.82. The number of hydrogen-bond donors (Lipinski definition) is 1. The molecule has 0 saturated heterocycles. The lowest BCUT2D eigenvalue weighted by Gasteiger charge is -2.08. The topological polar surface area (TPSA) is 38.0 Å². The molecule has 3 rings (SSSR count). The molecule has 0 fully saturated rings. The summed E-state index contributed by atoms with van der Waals surface area (Å²) in [6.45, 7) is 3.14. The van der Waals surface area contributed by atoms with Gasteiger partial charge in [-0.15, -0.1) is 0 Å². The van der Waals surface area contributed by atoms with Crippen molar-refractivity contribution in [1.29, 1.82) is 0 Å². The number of para-hydroxylation sites is 2. The molecule has 0 amide bonds. The van der Waals surface area contributed by atoms with E-state index in [4.69, 9.17) is 4.98 Å². The highest BCUT2D eigenvalue weighted by molar-refractivity contribution is 5.76. The van der Waals surface area contributed by atoms with Crippen LogP contribution in [0.15, 0.2) is 48.5 Å². The van der Waals surface area contributed by atoms with Crippen LogP contribution in [0.4, 0.5) is 0 Å². The van der Waals surface area contributed by atoms with Crippen LogP contribution in [0.25, 0.3) is 11.0 Å². The first kappa shape index (κ1) is 12.7. The van der Waals surface area contributed by atoms with E-state index in [1.54, 1.807) is 12.1 Å². The minimum Gasteiger partial charge on any atom is -0.508 e. The third-order valence-corrected chi connectivity index (χ3v) is 3.45. The lowest BCUT2D eigenvalue weighted by atomic mass is 10.1. The number of rotatable bonds is 4. The lowest BCUT2D eigenvalue weighted by Crippen LogP contribution is -2.04. The fourth-order valence-electron chi connectivity index (χ4n) is 2.58. The van der Waals surface area contributed by atoms with Gasteiger partial charge in [-0.1, -0.05) is 31.2 Å². The SMILES string of the molecule is CCCn1c(Cc2cccc(O)c2)nc2ccccc21. The first-order valence-electron chi connectivity index (χ1n) is 7.00. The third kappa shape index (κ3) is 2.39. The minimum absolute atomic E-state index is 0.306. The second kappa shape index (κ2) is 5.37. The van der Waals surface area contributed by atoms with Crippen molar-refractivity contribution in [2.75, 3.05) is 0 Å². The number of aromatic nitrogens is 2. The molecule has 0 unspecified atom stereocenters. The van der Waals surface area contributed by atoms with Gasteiger partial charge < -0.3 is 9.67 Å². The molecular weight excluding hydrogens is 248 g/mol. The van der Waals surface area contributed by atoms with Crippen molar-refractivity contribution in [3.05, 3.63) is 59.9 Å². The van der Waals surface area contributed by atoms with Crippen LogP contribution in [0.5, 0.6) is 5.75 Å². The molecule has 102 valence electrons. The molecule has 1 N–H and O–H groups in total. The highest BCUT2D eigenvalue weighted by atomic mass is 16.3. The largest absolute Gasteiger partial charge is 0.508 e. The summed E-state index contributed by atoms with van der Waals surface area (Å²) < 4.78 is 2.28. The normalized spacial score (nSPS) is 11.1. The average molecular weight is 266 g/mol. The molecular formula is C17H18N2O. The smallest absolute Gasteiger partial charge is 0.115 e. The number of aromatic hydroxyl groups is 1. The molecule has 0 saturated carbocycles. The maximum Gasteiger partial charge on any atom is 0.115 e. The van der Waals surface area contributed by atoms with Crippen molar-refractivity contribution in [3.63, 3.8) is 0 Å². The van der Waals surface area contributed by atoms with Crippen LogP contribution in [-0.2, 0) is 13.0 Å². The van der Waals surface area contributed by atoms with E-state index in [1.165, 1.54) is 5.52 Å². The first-order valence-corrected chi connectivity index (χ1v) is 7.00. The Labute approximate surface area is 118 Å². The van der Waals surface area contributed by atoms with Crippen LogP contribution in [0.2, 0.25) is 0 Å². The molecule has 0 aliphatic heterocycles. The van der Waals surface area contributed by atoms with Crippen molar-refractivity contribution in [2.24, 2.45) is 0 Å². The zero-order valence-electron chi connectivity index (χ0n) is 11.6. The molecule has 3 aromatic rings. The van der Waals surface area contributed by atoms with E-state index in [9.17, 15) is 5.11 Å². The molecule has 1 heterocycles. The molecule has 0 radical (unpaired) electrons. The van der Waals surface area contributed by atoms with Gasteiger partial charge in [0.05, 0.1) is 11.0 Å². The number of imidazole rings is 1. The van der Waals surface area contributed by atoms with Gasteiger partial charge in [0.1, 0.15) is 11.6 Å². The van der Waals surface area contributed by atoms with Crippen molar-refractivity contribution >= 4 is 11.0 Å². The molecule has 0 spiro atoms. The highest BCUT2D eigenvalue weighted by Gasteiger charge is 2.10. The van der Waals surface area contributed by atoms with Crippen LogP contribution >= 0.6 is 0 Å². The molecule has 3 heteroatoms. The molecule has 3 nitrogen and oxygen atoms in total. The first-order chi connectivity index (χ1) is 9.78. The number of phenols is 1. The maximum atomic E-state index is 9.58. The Morgan fingerprint density at radius 3 is 2.75 bits per heavy atom. The Balaban J connectivity index is 2.04. The second-order valence-corrected chi connectivity index (χ2v) is 5.02. The van der Waals surface area contributed by atoms with Crippen LogP contribution in [-0.4, -0.2) is 14.7 Å². The Morgan fingerprint density at radius 1 is 1.10 bits per heavy atom. The summed E-state index contributed by atoms with van der Waals surface area (Å²) >= 11 is 0. The molecule has 0 aliphatic carbocycles. The van der Waals surface area contributed by atoms with Crippen molar-refractivity contribution in [2.45, 2.75) is 26.3 Å². The predicted octanol–water partition coefficient (Wildman–Crippen LogP) is 3.74. The monoisotopic (exact) mass is 266 g/mol. The van der Waals surface area contributed by atoms with E-state index >= 15 is 0 Å². The van der Waals surface area contributed by atoms with Crippen molar-refractivity contribution in [3.8, 4) is 5.75 Å². The molecule has 20 heavy (non-hydrogen) atoms. The quantitative estimate of drug-likeness (QED) is 0.781. The van der Waals surface area contributed by atoms with Gasteiger partial charge in [-0.05, 0) is 36.2 Å². The van der Waals surface area contributed by atoms with Crippen molar-refractivity contribution in [1.82, 2.24) is 9.55 Å². The average Bonchev–Trinajstić information content (AvgIpc) is 2.77. The molecule has 1 aromatic heterocycles. The number of aryl methyl sites for hydroxylation is 1. The summed E-state index contributed by atoms with van der Waals surface area (Å²) in [7, 11) is 0. The van der Waals surface area contributed by atoms with Gasteiger partial charge in [0, 0.05) is 13.0 Å². The van der Waals surface area contributed by atoms with E-state index in [0.29, 0.717) is 5.75 Å². The second-order valence-electron chi connectivity index (χ2n) is 5.02. The van der Waals surface area contributed by atoms with E-state index in [2.05, 4.69) is 17.6 Å². The van der Waals surface area contributed by atoms with Crippen LogP contribution < -0.4 is 0 Å². The fraction of sp³-hybridized carbons (Fsp3) is 0.235. The Bertz CT molecular complexity index is 731. The van der Waals surface area contributed by atoms with Crippen molar-refractivity contribution < 1.29 is 5.11 Å². The third-order valence-electron chi connectivity index (χ3n) is 3.45. The summed E-state index contributed by atoms with van der Waals surface area (Å²) in [5.41, 5.74) is 3.30. The van der Waals surface area contributed by atoms with E-state index < -0.39 is 0 Å². The highest BCUT2D eigenvalue weighted by Crippen LogP contribution is 2.20. The maximum absolute atomic E-state index is 9.58. The Morgan fingerprint density at radius 2 is 1.95 bits per heavy atom. The summed E-state index contributed by atoms with van der Waals surface area (Å²) in [5, 5.41) is 9.58. The molecule has 2 aromatic carbocycles. The summed E-state index contributed by atoms with van der Waals surface area (Å²) in [4.78, 5) is 4.74. The van der Waals surface area contributed by atoms with Gasteiger partial charge in [0.2, 0.25) is 0 Å². The predicted molar refractivity (Wildman–Crippen MR) is 80.9 cm³/mol. The number of fused-ring (bicyclic) bond motifs is 1. The van der Waals surface area contributed by atoms with Gasteiger partial charge in [0.15, 0.2) is 0 Å². The van der Waals surface area contributed by atoms with Gasteiger partial charge >= 0.3 is 0 Å². The van der Waals surface area contributed by atoms with Gasteiger partial charge in [-0.3, -0.25) is 0 Å². The van der Waals surface area contributed by atoms with Gasteiger partial charge in [-0.2, -0.15) is 0 Å². The zero-order chi connectivity index (χ0) is 13.9. The number of benzene rings is 2. The molecule has 0 atom stereocenters. The summed E-state index contributed by atoms with van der Waals surface area (Å²) in [6, 6.07) is 15.6. The van der Waals surface area contributed by atoms with E-state index in [1.807, 2.05) is 30.3 Å². The van der Waals surface area contributed by atoms with Crippen LogP contribution in [0.1, 0.15) is 24.7 Å². The molecule has 0 bridgehead atoms. The fourth-order valence-corrected chi connectivity index (χ4v) is 2.58. The Hall–Kier alpha value is -2.29. The zero-order valence-corrected chi connectivity index (χ0v) is 11.6. The summed E-state index contributed by atoms with van der Waals surface area (Å²) in [5.74, 6) is 1.36. The van der Waals surface area contributed by atoms with E-state index in [0.717, 1.165) is 36.3 Å².